The molecule has 0 saturated carbocycles. The minimum atomic E-state index is -1.03. The lowest BCUT2D eigenvalue weighted by Gasteiger charge is -2.09. The van der Waals surface area contributed by atoms with E-state index in [2.05, 4.69) is 20.7 Å². The van der Waals surface area contributed by atoms with Crippen LogP contribution in [0.3, 0.4) is 0 Å². The maximum atomic E-state index is 11.8. The first-order chi connectivity index (χ1) is 15.7. The predicted octanol–water partition coefficient (Wildman–Crippen LogP) is 5.87. The first kappa shape index (κ1) is 24.7. The average molecular weight is 451 g/mol. The van der Waals surface area contributed by atoms with Gasteiger partial charge in [0, 0.05) is 23.1 Å². The topological polar surface area (TPSA) is 126 Å². The fourth-order valence-corrected chi connectivity index (χ4v) is 2.63. The van der Waals surface area contributed by atoms with E-state index in [0.717, 1.165) is 11.1 Å². The number of carbonyl (C=O) groups is 3. The molecule has 0 radical (unpaired) electrons. The molecule has 3 aromatic rings. The highest BCUT2D eigenvalue weighted by atomic mass is 16.6. The number of methoxy groups -OCH3 is 1. The van der Waals surface area contributed by atoms with Gasteiger partial charge >= 0.3 is 18.3 Å². The summed E-state index contributed by atoms with van der Waals surface area (Å²) >= 11 is 0. The molecule has 0 heterocycles. The molecular formula is C24H25N3O6. The molecule has 0 bridgehead atoms. The Morgan fingerprint density at radius 1 is 0.697 bits per heavy atom. The van der Waals surface area contributed by atoms with Gasteiger partial charge in [-0.3, -0.25) is 16.0 Å². The number of amides is 3. The Morgan fingerprint density at radius 3 is 1.70 bits per heavy atom. The molecule has 0 unspecified atom stereocenters. The third-order valence-electron chi connectivity index (χ3n) is 4.01. The highest BCUT2D eigenvalue weighted by molar-refractivity contribution is 5.87. The summed E-state index contributed by atoms with van der Waals surface area (Å²) in [7, 11) is 1.27. The van der Waals surface area contributed by atoms with Crippen LogP contribution in [0.4, 0.5) is 31.4 Å². The van der Waals surface area contributed by atoms with E-state index in [1.807, 2.05) is 38.1 Å². The number of carbonyl (C=O) groups excluding carboxylic acids is 2. The van der Waals surface area contributed by atoms with E-state index in [4.69, 9.17) is 9.84 Å². The molecule has 9 nitrogen and oxygen atoms in total. The molecule has 0 aromatic heterocycles. The van der Waals surface area contributed by atoms with Crippen LogP contribution in [0.5, 0.6) is 5.75 Å². The van der Waals surface area contributed by atoms with Crippen LogP contribution < -0.4 is 20.7 Å². The van der Waals surface area contributed by atoms with Crippen molar-refractivity contribution in [1.29, 1.82) is 0 Å². The molecule has 33 heavy (non-hydrogen) atoms. The molecule has 0 atom stereocenters. The maximum Gasteiger partial charge on any atom is 0.417 e. The molecule has 0 saturated heterocycles. The van der Waals surface area contributed by atoms with Gasteiger partial charge in [0.1, 0.15) is 5.75 Å². The van der Waals surface area contributed by atoms with Crippen LogP contribution in [0, 0.1) is 13.8 Å². The van der Waals surface area contributed by atoms with Crippen molar-refractivity contribution in [3.05, 3.63) is 83.9 Å². The van der Waals surface area contributed by atoms with Gasteiger partial charge in [0.2, 0.25) is 0 Å². The summed E-state index contributed by atoms with van der Waals surface area (Å²) in [6, 6.07) is 21.0. The summed E-state index contributed by atoms with van der Waals surface area (Å²) in [4.78, 5) is 33.1. The lowest BCUT2D eigenvalue weighted by molar-refractivity contribution is 0.187. The zero-order valence-corrected chi connectivity index (χ0v) is 18.4. The summed E-state index contributed by atoms with van der Waals surface area (Å²) in [6.45, 7) is 3.84. The lowest BCUT2D eigenvalue weighted by Crippen LogP contribution is -2.17. The number of ether oxygens (including phenoxy) is 2. The fraction of sp³-hybridized carbons (Fsp3) is 0.125. The second kappa shape index (κ2) is 12.4. The van der Waals surface area contributed by atoms with Gasteiger partial charge in [-0.2, -0.15) is 0 Å². The van der Waals surface area contributed by atoms with Crippen molar-refractivity contribution in [3.63, 3.8) is 0 Å². The van der Waals surface area contributed by atoms with Gasteiger partial charge in [-0.25, -0.2) is 14.4 Å². The fourth-order valence-electron chi connectivity index (χ4n) is 2.63. The quantitative estimate of drug-likeness (QED) is 0.393. The molecule has 0 aliphatic rings. The molecule has 0 spiro atoms. The number of hydrogen-bond acceptors (Lipinski definition) is 5. The van der Waals surface area contributed by atoms with E-state index < -0.39 is 18.3 Å². The highest BCUT2D eigenvalue weighted by Crippen LogP contribution is 2.18. The molecule has 0 aliphatic carbocycles. The number of rotatable bonds is 4. The van der Waals surface area contributed by atoms with Crippen LogP contribution in [0.1, 0.15) is 11.1 Å². The predicted molar refractivity (Wildman–Crippen MR) is 126 cm³/mol. The van der Waals surface area contributed by atoms with Crippen LogP contribution in [0.2, 0.25) is 0 Å². The largest absolute Gasteiger partial charge is 0.465 e. The Hall–Kier alpha value is -4.53. The molecule has 0 fully saturated rings. The summed E-state index contributed by atoms with van der Waals surface area (Å²) in [5.74, 6) is 0.305. The Labute approximate surface area is 191 Å². The monoisotopic (exact) mass is 451 g/mol. The van der Waals surface area contributed by atoms with E-state index >= 15 is 0 Å². The van der Waals surface area contributed by atoms with E-state index in [1.54, 1.807) is 42.5 Å². The smallest absolute Gasteiger partial charge is 0.417 e. The van der Waals surface area contributed by atoms with Crippen molar-refractivity contribution >= 4 is 35.3 Å². The molecule has 0 aliphatic heterocycles. The van der Waals surface area contributed by atoms with E-state index in [0.29, 0.717) is 22.8 Å². The molecule has 3 aromatic carbocycles. The summed E-state index contributed by atoms with van der Waals surface area (Å²) in [5, 5.41) is 15.7. The van der Waals surface area contributed by atoms with Crippen LogP contribution in [-0.2, 0) is 4.74 Å². The van der Waals surface area contributed by atoms with Crippen molar-refractivity contribution in [3.8, 4) is 5.75 Å². The van der Waals surface area contributed by atoms with Gasteiger partial charge in [0.05, 0.1) is 7.11 Å². The summed E-state index contributed by atoms with van der Waals surface area (Å²) < 4.78 is 9.67. The van der Waals surface area contributed by atoms with E-state index in [1.165, 1.54) is 13.2 Å². The number of hydrogen-bond donors (Lipinski definition) is 4. The highest BCUT2D eigenvalue weighted by Gasteiger charge is 2.07. The first-order valence-corrected chi connectivity index (χ1v) is 9.82. The van der Waals surface area contributed by atoms with Crippen LogP contribution in [0.25, 0.3) is 0 Å². The van der Waals surface area contributed by atoms with E-state index in [-0.39, 0.29) is 0 Å². The van der Waals surface area contributed by atoms with Crippen LogP contribution >= 0.6 is 0 Å². The Bertz CT molecular complexity index is 1120. The third kappa shape index (κ3) is 9.43. The molecule has 3 rings (SSSR count). The van der Waals surface area contributed by atoms with Gasteiger partial charge in [-0.05, 0) is 61.4 Å². The number of benzene rings is 3. The Morgan fingerprint density at radius 2 is 1.18 bits per heavy atom. The molecular weight excluding hydrogens is 426 g/mol. The summed E-state index contributed by atoms with van der Waals surface area (Å²) in [6.07, 6.45) is -2.24. The Balaban J connectivity index is 0.000000294. The first-order valence-electron chi connectivity index (χ1n) is 9.82. The number of nitrogens with one attached hydrogen (secondary N) is 3. The minimum absolute atomic E-state index is 0.305. The zero-order chi connectivity index (χ0) is 24.2. The second-order valence-electron chi connectivity index (χ2n) is 6.83. The van der Waals surface area contributed by atoms with Crippen molar-refractivity contribution in [2.24, 2.45) is 0 Å². The molecule has 9 heteroatoms. The number of aryl methyl sites for hydroxylation is 2. The average Bonchev–Trinajstić information content (AvgIpc) is 2.74. The normalized spacial score (nSPS) is 9.55. The van der Waals surface area contributed by atoms with Crippen LogP contribution in [0.15, 0.2) is 72.8 Å². The van der Waals surface area contributed by atoms with Gasteiger partial charge in [-0.15, -0.1) is 0 Å². The molecule has 3 amide bonds. The van der Waals surface area contributed by atoms with Gasteiger partial charge in [0.25, 0.3) is 0 Å². The SMILES string of the molecule is COC(=O)Nc1cccc(OC(=O)Nc2cccc(C)c2)c1.Cc1cccc(NC(=O)O)c1. The second-order valence-corrected chi connectivity index (χ2v) is 6.83. The van der Waals surface area contributed by atoms with Crippen molar-refractivity contribution in [2.45, 2.75) is 13.8 Å². The van der Waals surface area contributed by atoms with Crippen LogP contribution in [-0.4, -0.2) is 30.5 Å². The van der Waals surface area contributed by atoms with Gasteiger partial charge in [0.15, 0.2) is 0 Å². The molecule has 172 valence electrons. The zero-order valence-electron chi connectivity index (χ0n) is 18.4. The minimum Gasteiger partial charge on any atom is -0.465 e. The third-order valence-corrected chi connectivity index (χ3v) is 4.01. The maximum absolute atomic E-state index is 11.8. The molecule has 4 N–H and O–H groups in total. The number of carboxylic acid groups (broad SMARTS) is 1. The lowest BCUT2D eigenvalue weighted by atomic mass is 10.2. The van der Waals surface area contributed by atoms with Crippen molar-refractivity contribution < 1.29 is 29.0 Å². The van der Waals surface area contributed by atoms with Gasteiger partial charge < -0.3 is 14.6 Å². The van der Waals surface area contributed by atoms with Crippen molar-refractivity contribution in [2.75, 3.05) is 23.1 Å². The summed E-state index contributed by atoms with van der Waals surface area (Å²) in [5.41, 5.74) is 3.79. The van der Waals surface area contributed by atoms with Crippen molar-refractivity contribution in [1.82, 2.24) is 0 Å². The van der Waals surface area contributed by atoms with Gasteiger partial charge in [-0.1, -0.05) is 30.3 Å². The van der Waals surface area contributed by atoms with E-state index in [9.17, 15) is 14.4 Å². The number of anilines is 3. The standard InChI is InChI=1S/C16H16N2O4.C8H9NO2/c1-11-5-3-6-12(9-11)18-16(20)22-14-8-4-7-13(10-14)17-15(19)21-2;1-6-3-2-4-7(5-6)9-8(10)11/h3-10H,1-2H3,(H,17,19)(H,18,20);2-5,9H,1H3,(H,10,11). The Kier molecular flexibility index (Phi) is 9.26.